The Morgan fingerprint density at radius 3 is 2.46 bits per heavy atom. The summed E-state index contributed by atoms with van der Waals surface area (Å²) in [5, 5.41) is 0. The summed E-state index contributed by atoms with van der Waals surface area (Å²) in [6, 6.07) is 3.04. The van der Waals surface area contributed by atoms with E-state index in [-0.39, 0.29) is 42.0 Å². The average Bonchev–Trinajstić information content (AvgIpc) is 2.51. The SMILES string of the molecule is CC1=C(C(=O)OCC(C)C)[C@H](c2ccc(F)cc2F)CC(=O)N1C(C)C. The Kier molecular flexibility index (Phi) is 6.16. The van der Waals surface area contributed by atoms with Crippen molar-refractivity contribution >= 4 is 11.9 Å². The monoisotopic (exact) mass is 365 g/mol. The van der Waals surface area contributed by atoms with E-state index in [9.17, 15) is 18.4 Å². The first kappa shape index (κ1) is 20.1. The van der Waals surface area contributed by atoms with Gasteiger partial charge in [0.25, 0.3) is 0 Å². The number of hydrogen-bond acceptors (Lipinski definition) is 3. The summed E-state index contributed by atoms with van der Waals surface area (Å²) < 4.78 is 33.0. The van der Waals surface area contributed by atoms with E-state index in [1.54, 1.807) is 6.92 Å². The molecular formula is C20H25F2NO3. The molecule has 0 bridgehead atoms. The molecule has 0 saturated heterocycles. The Morgan fingerprint density at radius 2 is 1.92 bits per heavy atom. The maximum atomic E-state index is 14.4. The quantitative estimate of drug-likeness (QED) is 0.736. The van der Waals surface area contributed by atoms with Gasteiger partial charge in [0, 0.05) is 30.1 Å². The number of benzene rings is 1. The molecule has 1 aromatic carbocycles. The molecule has 0 radical (unpaired) electrons. The summed E-state index contributed by atoms with van der Waals surface area (Å²) in [6.07, 6.45) is -0.0653. The summed E-state index contributed by atoms with van der Waals surface area (Å²) in [4.78, 5) is 26.9. The second-order valence-electron chi connectivity index (χ2n) is 7.27. The highest BCUT2D eigenvalue weighted by atomic mass is 19.1. The van der Waals surface area contributed by atoms with Gasteiger partial charge in [0.05, 0.1) is 12.2 Å². The van der Waals surface area contributed by atoms with Crippen LogP contribution in [0.2, 0.25) is 0 Å². The number of rotatable bonds is 5. The Labute approximate surface area is 152 Å². The van der Waals surface area contributed by atoms with Gasteiger partial charge in [0.15, 0.2) is 0 Å². The lowest BCUT2D eigenvalue weighted by molar-refractivity contribution is -0.141. The number of nitrogens with zero attached hydrogens (tertiary/aromatic N) is 1. The number of ether oxygens (including phenoxy) is 1. The van der Waals surface area contributed by atoms with Gasteiger partial charge in [0.2, 0.25) is 5.91 Å². The van der Waals surface area contributed by atoms with Crippen molar-refractivity contribution in [3.05, 3.63) is 46.7 Å². The van der Waals surface area contributed by atoms with Gasteiger partial charge in [-0.3, -0.25) is 4.79 Å². The molecule has 1 aliphatic heterocycles. The number of halogens is 2. The first-order valence-corrected chi connectivity index (χ1v) is 8.78. The predicted octanol–water partition coefficient (Wildman–Crippen LogP) is 4.16. The lowest BCUT2D eigenvalue weighted by atomic mass is 9.83. The van der Waals surface area contributed by atoms with Crippen molar-refractivity contribution in [2.45, 2.75) is 53.0 Å². The Bertz CT molecular complexity index is 741. The molecule has 0 fully saturated rings. The minimum atomic E-state index is -0.794. The van der Waals surface area contributed by atoms with Crippen molar-refractivity contribution in [3.63, 3.8) is 0 Å². The standard InChI is InChI=1S/C20H25F2NO3/c1-11(2)10-26-20(25)19-13(5)23(12(3)4)18(24)9-16(19)15-7-6-14(21)8-17(15)22/h6-8,11-12,16H,9-10H2,1-5H3/t16-/m0/s1. The topological polar surface area (TPSA) is 46.6 Å². The van der Waals surface area contributed by atoms with E-state index in [1.165, 1.54) is 11.0 Å². The largest absolute Gasteiger partial charge is 0.462 e. The number of amides is 1. The van der Waals surface area contributed by atoms with Gasteiger partial charge >= 0.3 is 5.97 Å². The molecule has 0 unspecified atom stereocenters. The van der Waals surface area contributed by atoms with Crippen LogP contribution in [0.3, 0.4) is 0 Å². The smallest absolute Gasteiger partial charge is 0.336 e. The fraction of sp³-hybridized carbons (Fsp3) is 0.500. The molecule has 1 amide bonds. The molecule has 4 nitrogen and oxygen atoms in total. The predicted molar refractivity (Wildman–Crippen MR) is 94.2 cm³/mol. The zero-order valence-electron chi connectivity index (χ0n) is 15.8. The van der Waals surface area contributed by atoms with E-state index >= 15 is 0 Å². The molecule has 1 heterocycles. The van der Waals surface area contributed by atoms with Crippen LogP contribution < -0.4 is 0 Å². The number of allylic oxidation sites excluding steroid dienone is 1. The minimum Gasteiger partial charge on any atom is -0.462 e. The van der Waals surface area contributed by atoms with Crippen molar-refractivity contribution in [2.75, 3.05) is 6.61 Å². The molecule has 1 atom stereocenters. The maximum Gasteiger partial charge on any atom is 0.336 e. The lowest BCUT2D eigenvalue weighted by Crippen LogP contribution is -2.42. The van der Waals surface area contributed by atoms with Crippen molar-refractivity contribution in [1.82, 2.24) is 4.90 Å². The maximum absolute atomic E-state index is 14.4. The third-order valence-corrected chi connectivity index (χ3v) is 4.37. The molecular weight excluding hydrogens is 340 g/mol. The first-order chi connectivity index (χ1) is 12.1. The molecule has 6 heteroatoms. The highest BCUT2D eigenvalue weighted by Crippen LogP contribution is 2.39. The summed E-state index contributed by atoms with van der Waals surface area (Å²) >= 11 is 0. The minimum absolute atomic E-state index is 0.0653. The van der Waals surface area contributed by atoms with Crippen molar-refractivity contribution in [1.29, 1.82) is 0 Å². The van der Waals surface area contributed by atoms with Crippen LogP contribution in [0.5, 0.6) is 0 Å². The molecule has 26 heavy (non-hydrogen) atoms. The third kappa shape index (κ3) is 4.11. The average molecular weight is 365 g/mol. The second kappa shape index (κ2) is 7.98. The highest BCUT2D eigenvalue weighted by molar-refractivity contribution is 5.96. The normalized spacial score (nSPS) is 18.1. The molecule has 0 saturated carbocycles. The van der Waals surface area contributed by atoms with E-state index in [2.05, 4.69) is 0 Å². The zero-order chi connectivity index (χ0) is 19.6. The zero-order valence-corrected chi connectivity index (χ0v) is 15.8. The van der Waals surface area contributed by atoms with E-state index in [0.717, 1.165) is 12.1 Å². The molecule has 1 aromatic rings. The lowest BCUT2D eigenvalue weighted by Gasteiger charge is -2.37. The van der Waals surface area contributed by atoms with E-state index in [1.807, 2.05) is 27.7 Å². The van der Waals surface area contributed by atoms with Gasteiger partial charge in [-0.25, -0.2) is 13.6 Å². The summed E-state index contributed by atoms with van der Waals surface area (Å²) in [5.74, 6) is -2.90. The van der Waals surface area contributed by atoms with Gasteiger partial charge in [0.1, 0.15) is 11.6 Å². The van der Waals surface area contributed by atoms with Crippen LogP contribution in [0.4, 0.5) is 8.78 Å². The second-order valence-corrected chi connectivity index (χ2v) is 7.27. The van der Waals surface area contributed by atoms with Crippen molar-refractivity contribution in [2.24, 2.45) is 5.92 Å². The van der Waals surface area contributed by atoms with E-state index in [4.69, 9.17) is 4.74 Å². The van der Waals surface area contributed by atoms with Crippen LogP contribution in [-0.2, 0) is 14.3 Å². The Hall–Kier alpha value is -2.24. The third-order valence-electron chi connectivity index (χ3n) is 4.37. The van der Waals surface area contributed by atoms with E-state index in [0.29, 0.717) is 5.70 Å². The van der Waals surface area contributed by atoms with Crippen LogP contribution >= 0.6 is 0 Å². The number of carbonyl (C=O) groups excluding carboxylic acids is 2. The van der Waals surface area contributed by atoms with Crippen LogP contribution in [-0.4, -0.2) is 29.4 Å². The highest BCUT2D eigenvalue weighted by Gasteiger charge is 2.38. The summed E-state index contributed by atoms with van der Waals surface area (Å²) in [6.45, 7) is 9.41. The van der Waals surface area contributed by atoms with Crippen LogP contribution in [0.25, 0.3) is 0 Å². The van der Waals surface area contributed by atoms with Crippen LogP contribution in [0.1, 0.15) is 52.5 Å². The molecule has 2 rings (SSSR count). The van der Waals surface area contributed by atoms with Crippen LogP contribution in [0.15, 0.2) is 29.5 Å². The fourth-order valence-corrected chi connectivity index (χ4v) is 3.28. The molecule has 1 aliphatic rings. The molecule has 0 aromatic heterocycles. The van der Waals surface area contributed by atoms with Gasteiger partial charge in [-0.05, 0) is 38.3 Å². The van der Waals surface area contributed by atoms with Crippen LogP contribution in [0, 0.1) is 17.6 Å². The first-order valence-electron chi connectivity index (χ1n) is 8.78. The molecule has 0 aliphatic carbocycles. The van der Waals surface area contributed by atoms with Gasteiger partial charge in [-0.1, -0.05) is 19.9 Å². The van der Waals surface area contributed by atoms with Gasteiger partial charge in [-0.15, -0.1) is 0 Å². The molecule has 0 spiro atoms. The number of esters is 1. The van der Waals surface area contributed by atoms with Crippen molar-refractivity contribution in [3.8, 4) is 0 Å². The van der Waals surface area contributed by atoms with Gasteiger partial charge < -0.3 is 9.64 Å². The van der Waals surface area contributed by atoms with Crippen molar-refractivity contribution < 1.29 is 23.1 Å². The number of carbonyl (C=O) groups is 2. The molecule has 142 valence electrons. The van der Waals surface area contributed by atoms with E-state index < -0.39 is 23.5 Å². The summed E-state index contributed by atoms with van der Waals surface area (Å²) in [5.41, 5.74) is 0.835. The Morgan fingerprint density at radius 1 is 1.27 bits per heavy atom. The summed E-state index contributed by atoms with van der Waals surface area (Å²) in [7, 11) is 0. The number of hydrogen-bond donors (Lipinski definition) is 0. The fourth-order valence-electron chi connectivity index (χ4n) is 3.28. The van der Waals surface area contributed by atoms with Gasteiger partial charge in [-0.2, -0.15) is 0 Å². The molecule has 0 N–H and O–H groups in total. The Balaban J connectivity index is 2.54.